The summed E-state index contributed by atoms with van der Waals surface area (Å²) in [5.74, 6) is -1.06. The van der Waals surface area contributed by atoms with Crippen LogP contribution in [0.5, 0.6) is 0 Å². The summed E-state index contributed by atoms with van der Waals surface area (Å²) in [6, 6.07) is 14.1. The third-order valence-electron chi connectivity index (χ3n) is 12.9. The molecule has 0 atom stereocenters. The van der Waals surface area contributed by atoms with Crippen molar-refractivity contribution in [3.63, 3.8) is 0 Å². The molecular formula is C48H64N4O10S4. The average Bonchev–Trinajstić information content (AvgIpc) is 3.66. The number of hydrogen-bond donors (Lipinski definition) is 1. The van der Waals surface area contributed by atoms with Crippen LogP contribution < -0.4 is 0 Å². The topological polar surface area (TPSA) is 167 Å². The van der Waals surface area contributed by atoms with Crippen LogP contribution in [0, 0.1) is 24.7 Å². The first-order valence-electron chi connectivity index (χ1n) is 22.7. The van der Waals surface area contributed by atoms with Gasteiger partial charge in [-0.15, -0.1) is 0 Å². The number of benzene rings is 2. The number of aromatic nitrogens is 2. The first-order valence-corrected chi connectivity index (χ1v) is 27.2. The number of rotatable bonds is 13. The van der Waals surface area contributed by atoms with Crippen molar-refractivity contribution in [2.75, 3.05) is 59.2 Å². The van der Waals surface area contributed by atoms with Gasteiger partial charge in [-0.1, -0.05) is 51.2 Å². The summed E-state index contributed by atoms with van der Waals surface area (Å²) in [5, 5.41) is 9.41. The number of carbonyl (C=O) groups is 2. The standard InChI is InChI=1S/C25H34N2O5S2.C23H30N2O5S2/c1-5-32-23(28)17-27-18(2)24(21-16-25(3,4)11-10-22(21)27)33-19-6-8-20(9-7-19)34(29,30)26-12-14-31-15-13-26;1-16-22(19-14-23(2,3)9-8-20(19)25(16)15-21(26)27)31-17-4-6-18(7-5-17)32(28,29)24-10-12-30-13-11-24/h6-9H,5,10-17H2,1-4H3;4-7H,8-15H2,1-3H3,(H,26,27). The van der Waals surface area contributed by atoms with Gasteiger partial charge < -0.3 is 28.5 Å². The Hall–Kier alpha value is -3.62. The van der Waals surface area contributed by atoms with E-state index in [1.54, 1.807) is 47.8 Å². The largest absolute Gasteiger partial charge is 0.480 e. The lowest BCUT2D eigenvalue weighted by molar-refractivity contribution is -0.144. The zero-order valence-corrected chi connectivity index (χ0v) is 42.4. The van der Waals surface area contributed by atoms with Crippen LogP contribution in [0.3, 0.4) is 0 Å². The molecule has 2 aliphatic carbocycles. The van der Waals surface area contributed by atoms with E-state index in [4.69, 9.17) is 14.2 Å². The van der Waals surface area contributed by atoms with Crippen molar-refractivity contribution in [2.24, 2.45) is 10.8 Å². The summed E-state index contributed by atoms with van der Waals surface area (Å²) >= 11 is 3.23. The first kappa shape index (κ1) is 50.3. The van der Waals surface area contributed by atoms with Crippen molar-refractivity contribution in [3.8, 4) is 0 Å². The minimum Gasteiger partial charge on any atom is -0.480 e. The second kappa shape index (κ2) is 20.5. The predicted octanol–water partition coefficient (Wildman–Crippen LogP) is 7.61. The van der Waals surface area contributed by atoms with Crippen LogP contribution in [0.25, 0.3) is 0 Å². The number of fused-ring (bicyclic) bond motifs is 2. The molecule has 0 spiro atoms. The zero-order chi connectivity index (χ0) is 47.6. The molecule has 1 N–H and O–H groups in total. The van der Waals surface area contributed by atoms with Gasteiger partial charge in [-0.25, -0.2) is 16.8 Å². The number of hydrogen-bond acceptors (Lipinski definition) is 11. The molecule has 0 bridgehead atoms. The van der Waals surface area contributed by atoms with E-state index in [0.717, 1.165) is 75.2 Å². The summed E-state index contributed by atoms with van der Waals surface area (Å²) in [7, 11) is -7.04. The summed E-state index contributed by atoms with van der Waals surface area (Å²) in [6.45, 7) is 18.7. The highest BCUT2D eigenvalue weighted by atomic mass is 32.2. The highest BCUT2D eigenvalue weighted by Crippen LogP contribution is 2.46. The average molecular weight is 985 g/mol. The van der Waals surface area contributed by atoms with E-state index >= 15 is 0 Å². The van der Waals surface area contributed by atoms with Gasteiger partial charge in [0.15, 0.2) is 0 Å². The summed E-state index contributed by atoms with van der Waals surface area (Å²) in [6.07, 6.45) is 5.76. The van der Waals surface area contributed by atoms with Crippen LogP contribution >= 0.6 is 23.5 Å². The van der Waals surface area contributed by atoms with Crippen molar-refractivity contribution in [1.29, 1.82) is 0 Å². The summed E-state index contributed by atoms with van der Waals surface area (Å²) < 4.78 is 74.4. The second-order valence-electron chi connectivity index (χ2n) is 18.9. The van der Waals surface area contributed by atoms with Crippen molar-refractivity contribution in [2.45, 2.75) is 129 Å². The van der Waals surface area contributed by atoms with Crippen LogP contribution in [0.4, 0.5) is 0 Å². The molecule has 2 aromatic carbocycles. The molecule has 2 aromatic heterocycles. The van der Waals surface area contributed by atoms with E-state index in [9.17, 15) is 31.5 Å². The quantitative estimate of drug-likeness (QED) is 0.131. The van der Waals surface area contributed by atoms with Gasteiger partial charge in [0.25, 0.3) is 0 Å². The van der Waals surface area contributed by atoms with Gasteiger partial charge in [-0.2, -0.15) is 8.61 Å². The number of ether oxygens (including phenoxy) is 3. The van der Waals surface area contributed by atoms with E-state index in [2.05, 4.69) is 39.2 Å². The lowest BCUT2D eigenvalue weighted by Gasteiger charge is -2.30. The molecule has 4 aromatic rings. The van der Waals surface area contributed by atoms with Gasteiger partial charge in [0, 0.05) is 68.5 Å². The van der Waals surface area contributed by atoms with Crippen molar-refractivity contribution in [1.82, 2.24) is 17.7 Å². The number of carboxylic acids is 1. The van der Waals surface area contributed by atoms with Gasteiger partial charge in [-0.05, 0) is 130 Å². The Morgan fingerprint density at radius 1 is 0.652 bits per heavy atom. The number of sulfonamides is 2. The molecule has 4 aliphatic rings. The van der Waals surface area contributed by atoms with E-state index in [0.29, 0.717) is 64.1 Å². The maximum Gasteiger partial charge on any atom is 0.325 e. The third kappa shape index (κ3) is 11.3. The molecule has 18 heteroatoms. The molecular weight excluding hydrogens is 921 g/mol. The Morgan fingerprint density at radius 2 is 1.03 bits per heavy atom. The lowest BCUT2D eigenvalue weighted by Crippen LogP contribution is -2.40. The number of nitrogens with zero attached hydrogens (tertiary/aromatic N) is 4. The molecule has 8 rings (SSSR count). The first-order chi connectivity index (χ1) is 31.2. The third-order valence-corrected chi connectivity index (χ3v) is 19.3. The van der Waals surface area contributed by atoms with Crippen molar-refractivity contribution >= 4 is 55.5 Å². The SMILES string of the molecule is CCOC(=O)Cn1c(C)c(Sc2ccc(S(=O)(=O)N3CCOCC3)cc2)c2c1CCC(C)(C)C2.Cc1c(Sc2ccc(S(=O)(=O)N3CCOCC3)cc2)c2c(n1CC(=O)O)CCC(C)(C)C2. The molecule has 0 amide bonds. The van der Waals surface area contributed by atoms with Crippen molar-refractivity contribution in [3.05, 3.63) is 82.4 Å². The molecule has 14 nitrogen and oxygen atoms in total. The van der Waals surface area contributed by atoms with E-state index < -0.39 is 26.0 Å². The van der Waals surface area contributed by atoms with E-state index in [1.807, 2.05) is 42.7 Å². The smallest absolute Gasteiger partial charge is 0.325 e. The van der Waals surface area contributed by atoms with Crippen LogP contribution in [0.1, 0.15) is 81.4 Å². The molecule has 360 valence electrons. The Labute approximate surface area is 398 Å². The number of morpholine rings is 2. The molecule has 2 fully saturated rings. The normalized spacial score (nSPS) is 18.7. The fourth-order valence-electron chi connectivity index (χ4n) is 9.30. The van der Waals surface area contributed by atoms with Crippen LogP contribution in [-0.2, 0) is 82.6 Å². The Morgan fingerprint density at radius 3 is 1.39 bits per heavy atom. The highest BCUT2D eigenvalue weighted by Gasteiger charge is 2.35. The lowest BCUT2D eigenvalue weighted by atomic mass is 9.76. The molecule has 4 heterocycles. The summed E-state index contributed by atoms with van der Waals surface area (Å²) in [4.78, 5) is 28.5. The number of carboxylic acid groups (broad SMARTS) is 1. The van der Waals surface area contributed by atoms with Crippen LogP contribution in [-0.4, -0.2) is 111 Å². The molecule has 0 unspecified atom stereocenters. The number of aliphatic carboxylic acids is 1. The molecule has 2 saturated heterocycles. The van der Waals surface area contributed by atoms with Gasteiger partial charge in [0.2, 0.25) is 20.0 Å². The second-order valence-corrected chi connectivity index (χ2v) is 25.0. The fraction of sp³-hybridized carbons (Fsp3) is 0.542. The maximum atomic E-state index is 12.9. The van der Waals surface area contributed by atoms with Gasteiger partial charge in [0.05, 0.1) is 42.8 Å². The maximum absolute atomic E-state index is 12.9. The summed E-state index contributed by atoms with van der Waals surface area (Å²) in [5.41, 5.74) is 7.26. The zero-order valence-electron chi connectivity index (χ0n) is 39.2. The Bertz CT molecular complexity index is 2620. The van der Waals surface area contributed by atoms with Gasteiger partial charge in [0.1, 0.15) is 13.1 Å². The van der Waals surface area contributed by atoms with E-state index in [1.165, 1.54) is 25.4 Å². The fourth-order valence-corrected chi connectivity index (χ4v) is 14.3. The predicted molar refractivity (Wildman–Crippen MR) is 255 cm³/mol. The minimum atomic E-state index is -3.52. The molecule has 66 heavy (non-hydrogen) atoms. The molecule has 0 radical (unpaired) electrons. The molecule has 0 saturated carbocycles. The van der Waals surface area contributed by atoms with Gasteiger partial charge in [-0.3, -0.25) is 9.59 Å². The number of esters is 1. The monoisotopic (exact) mass is 984 g/mol. The Kier molecular flexibility index (Phi) is 15.6. The van der Waals surface area contributed by atoms with Crippen LogP contribution in [0.15, 0.2) is 77.9 Å². The minimum absolute atomic E-state index is 0.0358. The van der Waals surface area contributed by atoms with Crippen LogP contribution in [0.2, 0.25) is 0 Å². The van der Waals surface area contributed by atoms with Gasteiger partial charge >= 0.3 is 11.9 Å². The molecule has 2 aliphatic heterocycles. The number of carbonyl (C=O) groups excluding carboxylic acids is 1. The van der Waals surface area contributed by atoms with Crippen molar-refractivity contribution < 1.29 is 45.7 Å². The Balaban J connectivity index is 0.000000197. The highest BCUT2D eigenvalue weighted by molar-refractivity contribution is 7.99. The van der Waals surface area contributed by atoms with E-state index in [-0.39, 0.29) is 34.8 Å².